The largest absolute Gasteiger partial charge is 0.491 e. The van der Waals surface area contributed by atoms with E-state index in [-0.39, 0.29) is 16.7 Å². The lowest BCUT2D eigenvalue weighted by Gasteiger charge is -2.24. The van der Waals surface area contributed by atoms with Crippen LogP contribution in [0, 0.1) is 0 Å². The molecular weight excluding hydrogens is 595 g/mol. The highest BCUT2D eigenvalue weighted by molar-refractivity contribution is 7.87. The van der Waals surface area contributed by atoms with E-state index in [1.165, 1.54) is 19.2 Å². The van der Waals surface area contributed by atoms with Gasteiger partial charge < -0.3 is 24.1 Å². The summed E-state index contributed by atoms with van der Waals surface area (Å²) in [5, 5.41) is 9.02. The highest BCUT2D eigenvalue weighted by atomic mass is 35.5. The van der Waals surface area contributed by atoms with E-state index in [1.54, 1.807) is 42.5 Å². The van der Waals surface area contributed by atoms with Crippen molar-refractivity contribution >= 4 is 27.9 Å². The predicted octanol–water partition coefficient (Wildman–Crippen LogP) is 4.58. The topological polar surface area (TPSA) is 137 Å². The average Bonchev–Trinajstić information content (AvgIpc) is 2.92. The molecule has 222 valence electrons. The van der Waals surface area contributed by atoms with E-state index >= 15 is 0 Å². The van der Waals surface area contributed by atoms with Gasteiger partial charge in [0.15, 0.2) is 0 Å². The van der Waals surface area contributed by atoms with Crippen molar-refractivity contribution in [1.82, 2.24) is 14.0 Å². The highest BCUT2D eigenvalue weighted by Crippen LogP contribution is 2.33. The Kier molecular flexibility index (Phi) is 11.0. The number of pyridine rings is 1. The molecule has 0 aliphatic carbocycles. The number of benzene rings is 2. The highest BCUT2D eigenvalue weighted by Gasteiger charge is 2.33. The fourth-order valence-electron chi connectivity index (χ4n) is 3.16. The van der Waals surface area contributed by atoms with Gasteiger partial charge in [0.05, 0.1) is 25.3 Å². The predicted molar refractivity (Wildman–Crippen MR) is 140 cm³/mol. The van der Waals surface area contributed by atoms with Crippen molar-refractivity contribution in [2.45, 2.75) is 19.0 Å². The molecule has 0 spiro atoms. The smallest absolute Gasteiger partial charge is 0.422 e. The number of amides is 1. The van der Waals surface area contributed by atoms with E-state index < -0.39 is 58.3 Å². The standard InChI is InChI=1S/C25H25ClF3N3O8S/c1-37-11-12-38-19-7-9-20(10-8-19)39-22(40-23-21(26)13-18(14-30-23)25(27,28)29)15-31-41(35,36)32(24(33)34)16-17-5-3-2-4-6-17/h2-10,13-14,22,31H,11-12,15-16H2,1H3,(H,33,34). The van der Waals surface area contributed by atoms with Crippen LogP contribution in [-0.2, 0) is 27.7 Å². The molecule has 0 aliphatic rings. The van der Waals surface area contributed by atoms with Crippen LogP contribution in [0.1, 0.15) is 11.1 Å². The number of carbonyl (C=O) groups is 1. The third-order valence-corrected chi connectivity index (χ3v) is 6.80. The number of halogens is 4. The van der Waals surface area contributed by atoms with Gasteiger partial charge in [0.25, 0.3) is 6.29 Å². The Bertz CT molecular complexity index is 1400. The van der Waals surface area contributed by atoms with Crippen molar-refractivity contribution < 1.29 is 50.4 Å². The lowest BCUT2D eigenvalue weighted by Crippen LogP contribution is -2.47. The second-order valence-corrected chi connectivity index (χ2v) is 10.2. The summed E-state index contributed by atoms with van der Waals surface area (Å²) < 4.78 is 88.7. The Morgan fingerprint density at radius 3 is 2.32 bits per heavy atom. The minimum atomic E-state index is -4.72. The van der Waals surface area contributed by atoms with Gasteiger partial charge in [-0.3, -0.25) is 0 Å². The Morgan fingerprint density at radius 1 is 1.07 bits per heavy atom. The summed E-state index contributed by atoms with van der Waals surface area (Å²) in [5.74, 6) is 0.136. The summed E-state index contributed by atoms with van der Waals surface area (Å²) in [5.41, 5.74) is -0.729. The zero-order valence-corrected chi connectivity index (χ0v) is 22.9. The van der Waals surface area contributed by atoms with Crippen LogP contribution >= 0.6 is 11.6 Å². The van der Waals surface area contributed by atoms with Crippen molar-refractivity contribution in [3.63, 3.8) is 0 Å². The third-order valence-electron chi connectivity index (χ3n) is 5.13. The molecule has 11 nitrogen and oxygen atoms in total. The fourth-order valence-corrected chi connectivity index (χ4v) is 4.40. The number of aromatic nitrogens is 1. The van der Waals surface area contributed by atoms with E-state index in [2.05, 4.69) is 9.71 Å². The van der Waals surface area contributed by atoms with Gasteiger partial charge in [0.2, 0.25) is 5.88 Å². The molecule has 0 fully saturated rings. The second-order valence-electron chi connectivity index (χ2n) is 8.11. The minimum Gasteiger partial charge on any atom is -0.491 e. The summed E-state index contributed by atoms with van der Waals surface area (Å²) in [6.07, 6.45) is -7.54. The normalized spacial score (nSPS) is 12.4. The number of hydrogen-bond acceptors (Lipinski definition) is 8. The van der Waals surface area contributed by atoms with Crippen molar-refractivity contribution in [2.24, 2.45) is 0 Å². The molecule has 1 unspecified atom stereocenters. The van der Waals surface area contributed by atoms with Crippen LogP contribution in [0.4, 0.5) is 18.0 Å². The Balaban J connectivity index is 1.81. The van der Waals surface area contributed by atoms with Crippen molar-refractivity contribution in [3.05, 3.63) is 83.0 Å². The van der Waals surface area contributed by atoms with Crippen LogP contribution in [-0.4, -0.2) is 62.1 Å². The van der Waals surface area contributed by atoms with Crippen LogP contribution in [0.2, 0.25) is 5.02 Å². The lowest BCUT2D eigenvalue weighted by molar-refractivity contribution is -0.137. The van der Waals surface area contributed by atoms with Gasteiger partial charge in [0, 0.05) is 13.3 Å². The Morgan fingerprint density at radius 2 is 1.73 bits per heavy atom. The van der Waals surface area contributed by atoms with Crippen molar-refractivity contribution in [3.8, 4) is 17.4 Å². The van der Waals surface area contributed by atoms with Crippen LogP contribution in [0.5, 0.6) is 17.4 Å². The SMILES string of the molecule is COCCOc1ccc(OC(CNS(=O)(=O)N(Cc2ccccc2)C(=O)O)Oc2ncc(C(F)(F)F)cc2Cl)cc1. The average molecular weight is 620 g/mol. The first-order chi connectivity index (χ1) is 19.4. The minimum absolute atomic E-state index is 0.149. The number of methoxy groups -OCH3 is 1. The molecule has 0 aliphatic heterocycles. The lowest BCUT2D eigenvalue weighted by atomic mass is 10.2. The first kappa shape index (κ1) is 31.7. The molecule has 0 saturated heterocycles. The molecule has 1 aromatic heterocycles. The zero-order chi connectivity index (χ0) is 30.0. The van der Waals surface area contributed by atoms with E-state index in [4.69, 9.17) is 30.5 Å². The van der Waals surface area contributed by atoms with Gasteiger partial charge in [-0.1, -0.05) is 41.9 Å². The number of carboxylic acid groups (broad SMARTS) is 1. The first-order valence-corrected chi connectivity index (χ1v) is 13.5. The number of rotatable bonds is 14. The summed E-state index contributed by atoms with van der Waals surface area (Å²) in [7, 11) is -3.15. The van der Waals surface area contributed by atoms with Crippen molar-refractivity contribution in [2.75, 3.05) is 26.9 Å². The number of alkyl halides is 3. The maximum Gasteiger partial charge on any atom is 0.422 e. The summed E-state index contributed by atoms with van der Waals surface area (Å²) in [6, 6.07) is 14.6. The van der Waals surface area contributed by atoms with Gasteiger partial charge >= 0.3 is 22.5 Å². The molecule has 2 N–H and O–H groups in total. The van der Waals surface area contributed by atoms with E-state index in [0.717, 1.165) is 0 Å². The monoisotopic (exact) mass is 619 g/mol. The molecule has 3 aromatic rings. The van der Waals surface area contributed by atoms with E-state index in [0.29, 0.717) is 30.2 Å². The molecule has 1 atom stereocenters. The molecular formula is C25H25ClF3N3O8S. The molecule has 0 saturated carbocycles. The van der Waals surface area contributed by atoms with Crippen LogP contribution in [0.15, 0.2) is 66.9 Å². The summed E-state index contributed by atoms with van der Waals surface area (Å²) in [4.78, 5) is 15.3. The molecule has 0 bridgehead atoms. The first-order valence-electron chi connectivity index (χ1n) is 11.7. The zero-order valence-electron chi connectivity index (χ0n) is 21.4. The van der Waals surface area contributed by atoms with Crippen LogP contribution in [0.25, 0.3) is 0 Å². The van der Waals surface area contributed by atoms with Gasteiger partial charge in [-0.25, -0.2) is 9.78 Å². The fraction of sp³-hybridized carbons (Fsp3) is 0.280. The molecule has 3 rings (SSSR count). The quantitative estimate of drug-likeness (QED) is 0.196. The Hall–Kier alpha value is -3.79. The number of nitrogens with one attached hydrogen (secondary N) is 1. The molecule has 16 heteroatoms. The van der Waals surface area contributed by atoms with Gasteiger partial charge in [0.1, 0.15) is 23.1 Å². The maximum absolute atomic E-state index is 13.0. The molecule has 0 radical (unpaired) electrons. The van der Waals surface area contributed by atoms with Gasteiger partial charge in [-0.15, -0.1) is 0 Å². The molecule has 2 aromatic carbocycles. The summed E-state index contributed by atoms with van der Waals surface area (Å²) >= 11 is 5.94. The maximum atomic E-state index is 13.0. The van der Waals surface area contributed by atoms with E-state index in [1.807, 2.05) is 0 Å². The molecule has 1 amide bonds. The number of hydrogen-bond donors (Lipinski definition) is 2. The second kappa shape index (κ2) is 14.2. The van der Waals surface area contributed by atoms with Crippen molar-refractivity contribution in [1.29, 1.82) is 0 Å². The third kappa shape index (κ3) is 9.67. The van der Waals surface area contributed by atoms with Crippen LogP contribution in [0.3, 0.4) is 0 Å². The summed E-state index contributed by atoms with van der Waals surface area (Å²) in [6.45, 7) is -0.543. The van der Waals surface area contributed by atoms with Gasteiger partial charge in [-0.2, -0.15) is 30.6 Å². The number of ether oxygens (including phenoxy) is 4. The molecule has 41 heavy (non-hydrogen) atoms. The van der Waals surface area contributed by atoms with E-state index in [9.17, 15) is 31.5 Å². The van der Waals surface area contributed by atoms with Crippen LogP contribution < -0.4 is 18.9 Å². The van der Waals surface area contributed by atoms with Gasteiger partial charge in [-0.05, 0) is 35.9 Å². The molecule has 1 heterocycles. The number of nitrogens with zero attached hydrogens (tertiary/aromatic N) is 2. The Labute approximate surface area is 238 Å².